The van der Waals surface area contributed by atoms with E-state index in [2.05, 4.69) is 20.9 Å². The lowest BCUT2D eigenvalue weighted by atomic mass is 10.2. The van der Waals surface area contributed by atoms with Gasteiger partial charge in [-0.3, -0.25) is 14.4 Å². The number of hydrogen-bond acceptors (Lipinski definition) is 6. The van der Waals surface area contributed by atoms with Gasteiger partial charge in [-0.05, 0) is 42.8 Å². The van der Waals surface area contributed by atoms with Crippen molar-refractivity contribution >= 4 is 69.5 Å². The molecule has 0 fully saturated rings. The van der Waals surface area contributed by atoms with Crippen molar-refractivity contribution in [2.45, 2.75) is 24.6 Å². The van der Waals surface area contributed by atoms with E-state index in [0.717, 1.165) is 5.56 Å². The Balaban J connectivity index is 1.48. The number of thioether (sulfide) groups is 1. The second-order valence-corrected chi connectivity index (χ2v) is 9.40. The molecule has 7 nitrogen and oxygen atoms in total. The van der Waals surface area contributed by atoms with Crippen LogP contribution < -0.4 is 16.0 Å². The molecular weight excluding hydrogens is 468 g/mol. The SMILES string of the molecule is CC(=O)Nc1cccc(NC(=O)CSc2nc(CC(=O)Nc3cc(Cl)ccc3C)cs2)c1. The number of amides is 3. The molecule has 3 rings (SSSR count). The van der Waals surface area contributed by atoms with Gasteiger partial charge in [-0.2, -0.15) is 0 Å². The molecule has 3 N–H and O–H groups in total. The smallest absolute Gasteiger partial charge is 0.234 e. The zero-order chi connectivity index (χ0) is 23.1. The predicted molar refractivity (Wildman–Crippen MR) is 131 cm³/mol. The van der Waals surface area contributed by atoms with E-state index in [1.807, 2.05) is 18.4 Å². The Morgan fingerprint density at radius 1 is 1.03 bits per heavy atom. The van der Waals surface area contributed by atoms with Crippen LogP contribution in [0.25, 0.3) is 0 Å². The van der Waals surface area contributed by atoms with Crippen molar-refractivity contribution in [2.24, 2.45) is 0 Å². The van der Waals surface area contributed by atoms with Gasteiger partial charge in [0.1, 0.15) is 0 Å². The Kier molecular flexibility index (Phi) is 8.26. The fourth-order valence-corrected chi connectivity index (χ4v) is 4.54. The molecule has 1 heterocycles. The zero-order valence-electron chi connectivity index (χ0n) is 17.4. The first-order valence-corrected chi connectivity index (χ1v) is 11.8. The molecule has 0 aliphatic carbocycles. The number of nitrogens with zero attached hydrogens (tertiary/aromatic N) is 1. The summed E-state index contributed by atoms with van der Waals surface area (Å²) >= 11 is 8.67. The van der Waals surface area contributed by atoms with Crippen LogP contribution in [0.4, 0.5) is 17.1 Å². The molecule has 0 saturated carbocycles. The van der Waals surface area contributed by atoms with Crippen LogP contribution in [0.3, 0.4) is 0 Å². The lowest BCUT2D eigenvalue weighted by Crippen LogP contribution is -2.15. The summed E-state index contributed by atoms with van der Waals surface area (Å²) in [6.07, 6.45) is 0.130. The first-order chi connectivity index (χ1) is 15.3. The van der Waals surface area contributed by atoms with Gasteiger partial charge in [0.05, 0.1) is 17.9 Å². The molecule has 0 unspecified atom stereocenters. The normalized spacial score (nSPS) is 10.5. The van der Waals surface area contributed by atoms with Crippen LogP contribution in [0.15, 0.2) is 52.2 Å². The summed E-state index contributed by atoms with van der Waals surface area (Å²) in [5, 5.41) is 10.7. The third-order valence-corrected chi connectivity index (χ3v) is 6.44. The highest BCUT2D eigenvalue weighted by atomic mass is 35.5. The number of aromatic nitrogens is 1. The molecule has 0 radical (unpaired) electrons. The molecular formula is C22H21ClN4O3S2. The standard InChI is InChI=1S/C22H21ClN4O3S2/c1-13-6-7-15(23)8-19(13)27-20(29)10-18-11-31-22(26-18)32-12-21(30)25-17-5-3-4-16(9-17)24-14(2)28/h3-9,11H,10,12H2,1-2H3,(H,24,28)(H,25,30)(H,27,29). The summed E-state index contributed by atoms with van der Waals surface area (Å²) in [6.45, 7) is 3.32. The van der Waals surface area contributed by atoms with Crippen molar-refractivity contribution in [1.29, 1.82) is 0 Å². The van der Waals surface area contributed by atoms with Crippen molar-refractivity contribution < 1.29 is 14.4 Å². The maximum absolute atomic E-state index is 12.3. The minimum atomic E-state index is -0.194. The molecule has 0 saturated heterocycles. The van der Waals surface area contributed by atoms with Crippen molar-refractivity contribution in [3.63, 3.8) is 0 Å². The van der Waals surface area contributed by atoms with E-state index in [9.17, 15) is 14.4 Å². The average molecular weight is 489 g/mol. The van der Waals surface area contributed by atoms with Crippen LogP contribution >= 0.6 is 34.7 Å². The van der Waals surface area contributed by atoms with Crippen molar-refractivity contribution in [3.8, 4) is 0 Å². The van der Waals surface area contributed by atoms with E-state index >= 15 is 0 Å². The summed E-state index contributed by atoms with van der Waals surface area (Å²) in [6, 6.07) is 12.2. The molecule has 0 aliphatic heterocycles. The van der Waals surface area contributed by atoms with Crippen LogP contribution in [0, 0.1) is 6.92 Å². The van der Waals surface area contributed by atoms with Crippen molar-refractivity contribution in [3.05, 3.63) is 64.1 Å². The molecule has 10 heteroatoms. The first-order valence-electron chi connectivity index (χ1n) is 9.59. The fourth-order valence-electron chi connectivity index (χ4n) is 2.73. The third-order valence-electron chi connectivity index (χ3n) is 4.14. The van der Waals surface area contributed by atoms with Crippen molar-refractivity contribution in [2.75, 3.05) is 21.7 Å². The van der Waals surface area contributed by atoms with Gasteiger partial charge in [-0.15, -0.1) is 11.3 Å². The van der Waals surface area contributed by atoms with E-state index in [-0.39, 0.29) is 29.9 Å². The molecule has 3 aromatic rings. The summed E-state index contributed by atoms with van der Waals surface area (Å²) in [5.74, 6) is -0.388. The molecule has 3 amide bonds. The topological polar surface area (TPSA) is 100 Å². The third kappa shape index (κ3) is 7.37. The van der Waals surface area contributed by atoms with E-state index in [1.54, 1.807) is 36.4 Å². The van der Waals surface area contributed by atoms with Crippen LogP contribution in [-0.2, 0) is 20.8 Å². The number of carbonyl (C=O) groups is 3. The summed E-state index contributed by atoms with van der Waals surface area (Å²) in [7, 11) is 0. The number of aryl methyl sites for hydroxylation is 1. The summed E-state index contributed by atoms with van der Waals surface area (Å²) in [4.78, 5) is 40.2. The molecule has 2 aromatic carbocycles. The largest absolute Gasteiger partial charge is 0.326 e. The molecule has 166 valence electrons. The maximum Gasteiger partial charge on any atom is 0.234 e. The highest BCUT2D eigenvalue weighted by Gasteiger charge is 2.12. The van der Waals surface area contributed by atoms with E-state index in [1.165, 1.54) is 30.0 Å². The van der Waals surface area contributed by atoms with Gasteiger partial charge >= 0.3 is 0 Å². The second-order valence-electron chi connectivity index (χ2n) is 6.89. The number of rotatable bonds is 8. The molecule has 0 bridgehead atoms. The Hall–Kier alpha value is -2.88. The quantitative estimate of drug-likeness (QED) is 0.388. The van der Waals surface area contributed by atoms with Gasteiger partial charge in [-0.25, -0.2) is 4.98 Å². The highest BCUT2D eigenvalue weighted by Crippen LogP contribution is 2.24. The highest BCUT2D eigenvalue weighted by molar-refractivity contribution is 8.01. The molecule has 0 aliphatic rings. The van der Waals surface area contributed by atoms with Crippen LogP contribution in [-0.4, -0.2) is 28.5 Å². The fraction of sp³-hybridized carbons (Fsp3) is 0.182. The van der Waals surface area contributed by atoms with Crippen LogP contribution in [0.2, 0.25) is 5.02 Å². The number of hydrogen-bond donors (Lipinski definition) is 3. The van der Waals surface area contributed by atoms with Crippen LogP contribution in [0.5, 0.6) is 0 Å². The van der Waals surface area contributed by atoms with Gasteiger partial charge in [-0.1, -0.05) is 35.5 Å². The Bertz CT molecular complexity index is 1150. The summed E-state index contributed by atoms with van der Waals surface area (Å²) in [5.41, 5.74) is 3.43. The zero-order valence-corrected chi connectivity index (χ0v) is 19.8. The maximum atomic E-state index is 12.3. The number of benzene rings is 2. The minimum Gasteiger partial charge on any atom is -0.326 e. The van der Waals surface area contributed by atoms with Gasteiger partial charge in [0.15, 0.2) is 4.34 Å². The van der Waals surface area contributed by atoms with E-state index in [0.29, 0.717) is 32.1 Å². The van der Waals surface area contributed by atoms with Gasteiger partial charge in [0.2, 0.25) is 17.7 Å². The van der Waals surface area contributed by atoms with Crippen molar-refractivity contribution in [1.82, 2.24) is 4.98 Å². The first kappa shape index (κ1) is 23.8. The lowest BCUT2D eigenvalue weighted by Gasteiger charge is -2.08. The van der Waals surface area contributed by atoms with Crippen LogP contribution in [0.1, 0.15) is 18.2 Å². The van der Waals surface area contributed by atoms with Gasteiger partial charge in [0.25, 0.3) is 0 Å². The number of halogens is 1. The van der Waals surface area contributed by atoms with Gasteiger partial charge < -0.3 is 16.0 Å². The van der Waals surface area contributed by atoms with E-state index < -0.39 is 0 Å². The Morgan fingerprint density at radius 3 is 2.53 bits per heavy atom. The predicted octanol–water partition coefficient (Wildman–Crippen LogP) is 4.98. The Labute approximate surface area is 199 Å². The molecule has 0 atom stereocenters. The molecule has 0 spiro atoms. The number of carbonyl (C=O) groups excluding carboxylic acids is 3. The number of thiazole rings is 1. The summed E-state index contributed by atoms with van der Waals surface area (Å²) < 4.78 is 0.703. The minimum absolute atomic E-state index is 0.130. The molecule has 1 aromatic heterocycles. The number of nitrogens with one attached hydrogen (secondary N) is 3. The average Bonchev–Trinajstić information content (AvgIpc) is 3.16. The Morgan fingerprint density at radius 2 is 1.78 bits per heavy atom. The van der Waals surface area contributed by atoms with E-state index in [4.69, 9.17) is 11.6 Å². The lowest BCUT2D eigenvalue weighted by molar-refractivity contribution is -0.116. The van der Waals surface area contributed by atoms with Gasteiger partial charge in [0, 0.05) is 34.4 Å². The molecule has 32 heavy (non-hydrogen) atoms. The second kappa shape index (κ2) is 11.1. The monoisotopic (exact) mass is 488 g/mol. The number of anilines is 3.